The minimum atomic E-state index is -0.249. The Balaban J connectivity index is 1.77. The molecule has 3 nitrogen and oxygen atoms in total. The van der Waals surface area contributed by atoms with Gasteiger partial charge in [-0.2, -0.15) is 0 Å². The van der Waals surface area contributed by atoms with Gasteiger partial charge in [-0.3, -0.25) is 0 Å². The lowest BCUT2D eigenvalue weighted by Crippen LogP contribution is -2.43. The fraction of sp³-hybridized carbons (Fsp3) is 0.600. The number of nitrogens with one attached hydrogen (secondary N) is 1. The van der Waals surface area contributed by atoms with Crippen LogP contribution in [0.15, 0.2) is 18.2 Å². The van der Waals surface area contributed by atoms with Crippen LogP contribution in [0.3, 0.4) is 0 Å². The molecule has 1 fully saturated rings. The SMILES string of the molecule is CCOc1ccc(CCCN2CCNCC2)cc1F. The van der Waals surface area contributed by atoms with Crippen LogP contribution in [-0.2, 0) is 6.42 Å². The lowest BCUT2D eigenvalue weighted by molar-refractivity contribution is 0.238. The van der Waals surface area contributed by atoms with Crippen molar-refractivity contribution in [2.24, 2.45) is 0 Å². The summed E-state index contributed by atoms with van der Waals surface area (Å²) in [5.41, 5.74) is 1.05. The first-order valence-electron chi connectivity index (χ1n) is 7.14. The molecule has 106 valence electrons. The summed E-state index contributed by atoms with van der Waals surface area (Å²) in [6.45, 7) is 7.86. The largest absolute Gasteiger partial charge is 0.491 e. The van der Waals surface area contributed by atoms with Gasteiger partial charge in [0, 0.05) is 26.2 Å². The lowest BCUT2D eigenvalue weighted by Gasteiger charge is -2.27. The molecule has 1 heterocycles. The quantitative estimate of drug-likeness (QED) is 0.853. The van der Waals surface area contributed by atoms with Crippen LogP contribution in [0.25, 0.3) is 0 Å². The van der Waals surface area contributed by atoms with Crippen molar-refractivity contribution in [1.29, 1.82) is 0 Å². The van der Waals surface area contributed by atoms with E-state index in [4.69, 9.17) is 4.74 Å². The van der Waals surface area contributed by atoms with E-state index in [9.17, 15) is 4.39 Å². The molecular weight excluding hydrogens is 243 g/mol. The normalized spacial score (nSPS) is 16.5. The maximum atomic E-state index is 13.7. The Kier molecular flexibility index (Phi) is 5.61. The van der Waals surface area contributed by atoms with E-state index in [0.29, 0.717) is 12.4 Å². The zero-order valence-electron chi connectivity index (χ0n) is 11.6. The summed E-state index contributed by atoms with van der Waals surface area (Å²) in [4.78, 5) is 2.46. The first-order valence-corrected chi connectivity index (χ1v) is 7.14. The van der Waals surface area contributed by atoms with Gasteiger partial charge in [0.1, 0.15) is 0 Å². The van der Waals surface area contributed by atoms with E-state index in [1.54, 1.807) is 12.1 Å². The predicted molar refractivity (Wildman–Crippen MR) is 75.2 cm³/mol. The Hall–Kier alpha value is -1.13. The molecular formula is C15H23FN2O. The molecule has 0 aliphatic carbocycles. The maximum absolute atomic E-state index is 13.7. The van der Waals surface area contributed by atoms with Gasteiger partial charge in [-0.15, -0.1) is 0 Å². The third-order valence-corrected chi connectivity index (χ3v) is 3.45. The molecule has 0 aromatic heterocycles. The van der Waals surface area contributed by atoms with Crippen LogP contribution in [0.2, 0.25) is 0 Å². The number of hydrogen-bond donors (Lipinski definition) is 1. The van der Waals surface area contributed by atoms with E-state index >= 15 is 0 Å². The van der Waals surface area contributed by atoms with Gasteiger partial charge in [0.2, 0.25) is 0 Å². The molecule has 2 rings (SSSR count). The second kappa shape index (κ2) is 7.46. The van der Waals surface area contributed by atoms with Crippen molar-refractivity contribution in [2.75, 3.05) is 39.3 Å². The Morgan fingerprint density at radius 2 is 2.11 bits per heavy atom. The lowest BCUT2D eigenvalue weighted by atomic mass is 10.1. The summed E-state index contributed by atoms with van der Waals surface area (Å²) in [5.74, 6) is 0.106. The fourth-order valence-corrected chi connectivity index (χ4v) is 2.41. The van der Waals surface area contributed by atoms with E-state index < -0.39 is 0 Å². The van der Waals surface area contributed by atoms with Gasteiger partial charge in [0.25, 0.3) is 0 Å². The van der Waals surface area contributed by atoms with Crippen LogP contribution in [0.4, 0.5) is 4.39 Å². The average Bonchev–Trinajstić information content (AvgIpc) is 2.43. The molecule has 1 aliphatic rings. The molecule has 0 unspecified atom stereocenters. The molecule has 1 aliphatic heterocycles. The topological polar surface area (TPSA) is 24.5 Å². The molecule has 19 heavy (non-hydrogen) atoms. The maximum Gasteiger partial charge on any atom is 0.165 e. The standard InChI is InChI=1S/C15H23FN2O/c1-2-19-15-6-5-13(12-14(15)16)4-3-9-18-10-7-17-8-11-18/h5-6,12,17H,2-4,7-11H2,1H3. The van der Waals surface area contributed by atoms with Crippen LogP contribution in [0.5, 0.6) is 5.75 Å². The van der Waals surface area contributed by atoms with Gasteiger partial charge >= 0.3 is 0 Å². The number of ether oxygens (including phenoxy) is 1. The minimum absolute atomic E-state index is 0.249. The third kappa shape index (κ3) is 4.48. The highest BCUT2D eigenvalue weighted by Crippen LogP contribution is 2.19. The molecule has 4 heteroatoms. The molecule has 0 amide bonds. The highest BCUT2D eigenvalue weighted by Gasteiger charge is 2.09. The number of aryl methyl sites for hydroxylation is 1. The van der Waals surface area contributed by atoms with Gasteiger partial charge in [0.05, 0.1) is 6.61 Å². The fourth-order valence-electron chi connectivity index (χ4n) is 2.41. The molecule has 1 aromatic rings. The van der Waals surface area contributed by atoms with E-state index in [-0.39, 0.29) is 5.82 Å². The first-order chi connectivity index (χ1) is 9.29. The smallest absolute Gasteiger partial charge is 0.165 e. The van der Waals surface area contributed by atoms with Crippen LogP contribution < -0.4 is 10.1 Å². The molecule has 0 spiro atoms. The average molecular weight is 266 g/mol. The van der Waals surface area contributed by atoms with Crippen molar-refractivity contribution in [3.63, 3.8) is 0 Å². The first kappa shape index (κ1) is 14.3. The van der Waals surface area contributed by atoms with Crippen LogP contribution >= 0.6 is 0 Å². The van der Waals surface area contributed by atoms with Crippen molar-refractivity contribution < 1.29 is 9.13 Å². The van der Waals surface area contributed by atoms with Crippen LogP contribution in [-0.4, -0.2) is 44.2 Å². The van der Waals surface area contributed by atoms with Crippen molar-refractivity contribution in [1.82, 2.24) is 10.2 Å². The minimum Gasteiger partial charge on any atom is -0.491 e. The van der Waals surface area contributed by atoms with E-state index in [2.05, 4.69) is 10.2 Å². The summed E-state index contributed by atoms with van der Waals surface area (Å²) in [6.07, 6.45) is 2.00. The number of hydrogen-bond acceptors (Lipinski definition) is 3. The zero-order valence-corrected chi connectivity index (χ0v) is 11.6. The summed E-state index contributed by atoms with van der Waals surface area (Å²) < 4.78 is 18.9. The number of rotatable bonds is 6. The van der Waals surface area contributed by atoms with Crippen molar-refractivity contribution in [3.8, 4) is 5.75 Å². The molecule has 0 radical (unpaired) electrons. The van der Waals surface area contributed by atoms with E-state index in [1.807, 2.05) is 13.0 Å². The highest BCUT2D eigenvalue weighted by molar-refractivity contribution is 5.29. The van der Waals surface area contributed by atoms with Gasteiger partial charge in [0.15, 0.2) is 11.6 Å². The van der Waals surface area contributed by atoms with Crippen molar-refractivity contribution >= 4 is 0 Å². The molecule has 1 saturated heterocycles. The Morgan fingerprint density at radius 3 is 2.79 bits per heavy atom. The van der Waals surface area contributed by atoms with Gasteiger partial charge < -0.3 is 15.0 Å². The van der Waals surface area contributed by atoms with E-state index in [1.165, 1.54) is 0 Å². The highest BCUT2D eigenvalue weighted by atomic mass is 19.1. The predicted octanol–water partition coefficient (Wildman–Crippen LogP) is 2.06. The second-order valence-electron chi connectivity index (χ2n) is 4.89. The Labute approximate surface area is 114 Å². The van der Waals surface area contributed by atoms with Crippen LogP contribution in [0, 0.1) is 5.82 Å². The van der Waals surface area contributed by atoms with Crippen LogP contribution in [0.1, 0.15) is 18.9 Å². The molecule has 0 saturated carbocycles. The number of benzene rings is 1. The molecule has 0 bridgehead atoms. The van der Waals surface area contributed by atoms with Gasteiger partial charge in [-0.05, 0) is 44.0 Å². The van der Waals surface area contributed by atoms with Crippen molar-refractivity contribution in [2.45, 2.75) is 19.8 Å². The Morgan fingerprint density at radius 1 is 1.32 bits per heavy atom. The van der Waals surface area contributed by atoms with Gasteiger partial charge in [-0.25, -0.2) is 4.39 Å². The number of piperazine rings is 1. The molecule has 1 N–H and O–H groups in total. The summed E-state index contributed by atoms with van der Waals surface area (Å²) in [6, 6.07) is 5.30. The summed E-state index contributed by atoms with van der Waals surface area (Å²) in [7, 11) is 0. The third-order valence-electron chi connectivity index (χ3n) is 3.45. The monoisotopic (exact) mass is 266 g/mol. The van der Waals surface area contributed by atoms with Crippen molar-refractivity contribution in [3.05, 3.63) is 29.6 Å². The number of nitrogens with zero attached hydrogens (tertiary/aromatic N) is 1. The second-order valence-corrected chi connectivity index (χ2v) is 4.89. The molecule has 1 aromatic carbocycles. The zero-order chi connectivity index (χ0) is 13.5. The van der Waals surface area contributed by atoms with E-state index in [0.717, 1.165) is 51.1 Å². The van der Waals surface area contributed by atoms with Gasteiger partial charge in [-0.1, -0.05) is 6.07 Å². The number of halogens is 1. The Bertz CT molecular complexity index is 392. The molecule has 0 atom stereocenters. The summed E-state index contributed by atoms with van der Waals surface area (Å²) >= 11 is 0. The summed E-state index contributed by atoms with van der Waals surface area (Å²) in [5, 5.41) is 3.34.